The van der Waals surface area contributed by atoms with E-state index in [2.05, 4.69) is 10.3 Å². The van der Waals surface area contributed by atoms with E-state index in [1.807, 2.05) is 13.0 Å². The first-order chi connectivity index (χ1) is 10.0. The molecule has 3 N–H and O–H groups in total. The van der Waals surface area contributed by atoms with Gasteiger partial charge in [0.1, 0.15) is 22.3 Å². The molecular formula is C14H13F2N3OS. The van der Waals surface area contributed by atoms with Crippen LogP contribution < -0.4 is 11.1 Å². The van der Waals surface area contributed by atoms with E-state index in [0.717, 1.165) is 29.9 Å². The molecule has 1 aromatic carbocycles. The van der Waals surface area contributed by atoms with Crippen LogP contribution in [-0.2, 0) is 0 Å². The lowest BCUT2D eigenvalue weighted by Crippen LogP contribution is -2.07. The Labute approximate surface area is 124 Å². The molecule has 0 aliphatic carbocycles. The lowest BCUT2D eigenvalue weighted by atomic mass is 10.1. The summed E-state index contributed by atoms with van der Waals surface area (Å²) in [4.78, 5) is 16.2. The van der Waals surface area contributed by atoms with E-state index in [0.29, 0.717) is 5.13 Å². The van der Waals surface area contributed by atoms with Gasteiger partial charge in [0.05, 0.1) is 5.56 Å². The van der Waals surface area contributed by atoms with Gasteiger partial charge >= 0.3 is 0 Å². The number of thiazole rings is 1. The van der Waals surface area contributed by atoms with Crippen LogP contribution in [0.5, 0.6) is 0 Å². The van der Waals surface area contributed by atoms with Gasteiger partial charge in [-0.25, -0.2) is 13.8 Å². The smallest absolute Gasteiger partial charge is 0.212 e. The molecule has 0 spiro atoms. The molecule has 0 bridgehead atoms. The normalized spacial score (nSPS) is 11.0. The number of aromatic nitrogens is 1. The number of allylic oxidation sites excluding steroid dienone is 1. The molecule has 21 heavy (non-hydrogen) atoms. The SMILES string of the molecule is CC/C=C/Nc1nc(N)c(C(=O)c2c(F)cccc2F)s1. The zero-order valence-electron chi connectivity index (χ0n) is 11.2. The predicted molar refractivity (Wildman–Crippen MR) is 79.4 cm³/mol. The van der Waals surface area contributed by atoms with Crippen molar-refractivity contribution in [2.45, 2.75) is 13.3 Å². The van der Waals surface area contributed by atoms with Crippen molar-refractivity contribution >= 4 is 28.1 Å². The number of halogens is 2. The molecule has 0 aliphatic rings. The summed E-state index contributed by atoms with van der Waals surface area (Å²) < 4.78 is 27.3. The first-order valence-corrected chi connectivity index (χ1v) is 7.02. The summed E-state index contributed by atoms with van der Waals surface area (Å²) in [5, 5.41) is 3.24. The summed E-state index contributed by atoms with van der Waals surface area (Å²) in [5.74, 6) is -2.71. The number of nitrogens with two attached hydrogens (primary N) is 1. The molecule has 0 saturated carbocycles. The lowest BCUT2D eigenvalue weighted by Gasteiger charge is -2.02. The minimum absolute atomic E-state index is 0.00592. The summed E-state index contributed by atoms with van der Waals surface area (Å²) in [7, 11) is 0. The second-order valence-electron chi connectivity index (χ2n) is 4.11. The third-order valence-electron chi connectivity index (χ3n) is 2.61. The van der Waals surface area contributed by atoms with E-state index >= 15 is 0 Å². The number of carbonyl (C=O) groups is 1. The van der Waals surface area contributed by atoms with Crippen molar-refractivity contribution in [2.24, 2.45) is 0 Å². The van der Waals surface area contributed by atoms with E-state index in [1.54, 1.807) is 6.20 Å². The summed E-state index contributed by atoms with van der Waals surface area (Å²) >= 11 is 0.949. The molecule has 0 atom stereocenters. The summed E-state index contributed by atoms with van der Waals surface area (Å²) in [6.07, 6.45) is 4.35. The van der Waals surface area contributed by atoms with Crippen molar-refractivity contribution in [3.05, 3.63) is 52.6 Å². The predicted octanol–water partition coefficient (Wildman–Crippen LogP) is 3.57. The van der Waals surface area contributed by atoms with Crippen LogP contribution in [0.1, 0.15) is 28.6 Å². The highest BCUT2D eigenvalue weighted by Gasteiger charge is 2.23. The number of hydrogen-bond donors (Lipinski definition) is 2. The van der Waals surface area contributed by atoms with E-state index < -0.39 is 23.0 Å². The summed E-state index contributed by atoms with van der Waals surface area (Å²) in [6.45, 7) is 1.96. The molecule has 0 radical (unpaired) electrons. The molecule has 1 aromatic heterocycles. The monoisotopic (exact) mass is 309 g/mol. The van der Waals surface area contributed by atoms with Gasteiger partial charge in [0.15, 0.2) is 5.13 Å². The molecular weight excluding hydrogens is 296 g/mol. The van der Waals surface area contributed by atoms with Crippen molar-refractivity contribution in [1.29, 1.82) is 0 Å². The summed E-state index contributed by atoms with van der Waals surface area (Å²) in [6, 6.07) is 3.24. The maximum atomic E-state index is 13.6. The zero-order valence-corrected chi connectivity index (χ0v) is 12.0. The van der Waals surface area contributed by atoms with Gasteiger partial charge in [0.2, 0.25) is 5.78 Å². The highest BCUT2D eigenvalue weighted by Crippen LogP contribution is 2.29. The van der Waals surface area contributed by atoms with Crippen LogP contribution in [0.25, 0.3) is 0 Å². The standard InChI is InChI=1S/C14H13F2N3OS/c1-2-3-7-18-14-19-13(17)12(21-14)11(20)10-8(15)5-4-6-9(10)16/h3-7H,2,17H2,1H3,(H,18,19)/b7-3+. The number of benzene rings is 1. The van der Waals surface area contributed by atoms with Gasteiger partial charge < -0.3 is 11.1 Å². The topological polar surface area (TPSA) is 68.0 Å². The molecule has 7 heteroatoms. The Hall–Kier alpha value is -2.28. The fraction of sp³-hybridized carbons (Fsp3) is 0.143. The van der Waals surface area contributed by atoms with E-state index in [1.165, 1.54) is 6.07 Å². The van der Waals surface area contributed by atoms with Crippen LogP contribution in [0.2, 0.25) is 0 Å². The number of hydrogen-bond acceptors (Lipinski definition) is 5. The van der Waals surface area contributed by atoms with Gasteiger partial charge in [-0.1, -0.05) is 30.4 Å². The number of carbonyl (C=O) groups excluding carboxylic acids is 1. The van der Waals surface area contributed by atoms with Crippen LogP contribution in [0.4, 0.5) is 19.7 Å². The Morgan fingerprint density at radius 1 is 1.43 bits per heavy atom. The molecule has 1 heterocycles. The molecule has 4 nitrogen and oxygen atoms in total. The van der Waals surface area contributed by atoms with Gasteiger partial charge in [-0.2, -0.15) is 0 Å². The molecule has 2 aromatic rings. The quantitative estimate of drug-likeness (QED) is 0.829. The van der Waals surface area contributed by atoms with Gasteiger partial charge in [0, 0.05) is 0 Å². The van der Waals surface area contributed by atoms with Crippen molar-refractivity contribution in [2.75, 3.05) is 11.1 Å². The Balaban J connectivity index is 2.34. The van der Waals surface area contributed by atoms with Crippen molar-refractivity contribution in [1.82, 2.24) is 4.98 Å². The first kappa shape index (κ1) is 15.1. The van der Waals surface area contributed by atoms with Crippen LogP contribution >= 0.6 is 11.3 Å². The van der Waals surface area contributed by atoms with Gasteiger partial charge in [-0.3, -0.25) is 4.79 Å². The largest absolute Gasteiger partial charge is 0.382 e. The Bertz CT molecular complexity index is 677. The van der Waals surface area contributed by atoms with Crippen molar-refractivity contribution < 1.29 is 13.6 Å². The van der Waals surface area contributed by atoms with E-state index in [4.69, 9.17) is 5.73 Å². The Kier molecular flexibility index (Phi) is 4.64. The van der Waals surface area contributed by atoms with Crippen LogP contribution in [0.3, 0.4) is 0 Å². The second-order valence-corrected chi connectivity index (χ2v) is 5.11. The second kappa shape index (κ2) is 6.45. The molecule has 0 saturated heterocycles. The first-order valence-electron chi connectivity index (χ1n) is 6.21. The fourth-order valence-corrected chi connectivity index (χ4v) is 2.44. The fourth-order valence-electron chi connectivity index (χ4n) is 1.63. The molecule has 0 aliphatic heterocycles. The van der Waals surface area contributed by atoms with Crippen molar-refractivity contribution in [3.8, 4) is 0 Å². The molecule has 2 rings (SSSR count). The molecule has 0 unspecified atom stereocenters. The third-order valence-corrected chi connectivity index (χ3v) is 3.61. The number of ketones is 1. The van der Waals surface area contributed by atoms with Crippen molar-refractivity contribution in [3.63, 3.8) is 0 Å². The average Bonchev–Trinajstić information content (AvgIpc) is 2.80. The van der Waals surface area contributed by atoms with E-state index in [-0.39, 0.29) is 10.7 Å². The van der Waals surface area contributed by atoms with Crippen LogP contribution in [0.15, 0.2) is 30.5 Å². The highest BCUT2D eigenvalue weighted by atomic mass is 32.1. The summed E-state index contributed by atoms with van der Waals surface area (Å²) in [5.41, 5.74) is 5.03. The van der Waals surface area contributed by atoms with Gasteiger partial charge in [-0.15, -0.1) is 0 Å². The highest BCUT2D eigenvalue weighted by molar-refractivity contribution is 7.18. The number of nitrogens with zero attached hydrogens (tertiary/aromatic N) is 1. The zero-order chi connectivity index (χ0) is 15.4. The Morgan fingerprint density at radius 2 is 2.10 bits per heavy atom. The molecule has 0 amide bonds. The number of nitrogens with one attached hydrogen (secondary N) is 1. The Morgan fingerprint density at radius 3 is 2.71 bits per heavy atom. The average molecular weight is 309 g/mol. The molecule has 0 fully saturated rings. The maximum absolute atomic E-state index is 13.6. The number of nitrogen functional groups attached to an aromatic ring is 1. The van der Waals surface area contributed by atoms with Gasteiger partial charge in [0.25, 0.3) is 0 Å². The minimum Gasteiger partial charge on any atom is -0.382 e. The lowest BCUT2D eigenvalue weighted by molar-refractivity contribution is 0.103. The number of rotatable bonds is 5. The van der Waals surface area contributed by atoms with Crippen LogP contribution in [0, 0.1) is 11.6 Å². The molecule has 110 valence electrons. The maximum Gasteiger partial charge on any atom is 0.212 e. The number of anilines is 2. The van der Waals surface area contributed by atoms with E-state index in [9.17, 15) is 13.6 Å². The minimum atomic E-state index is -0.923. The van der Waals surface area contributed by atoms with Gasteiger partial charge in [-0.05, 0) is 24.8 Å². The van der Waals surface area contributed by atoms with Crippen LogP contribution in [-0.4, -0.2) is 10.8 Å². The third kappa shape index (κ3) is 3.25.